The normalized spacial score (nSPS) is 20.8. The van der Waals surface area contributed by atoms with Gasteiger partial charge in [-0.05, 0) is 11.6 Å². The van der Waals surface area contributed by atoms with Crippen molar-refractivity contribution in [1.82, 2.24) is 0 Å². The van der Waals surface area contributed by atoms with E-state index in [-0.39, 0.29) is 0 Å². The van der Waals surface area contributed by atoms with Gasteiger partial charge in [0.05, 0.1) is 0 Å². The number of rotatable bonds is 3. The van der Waals surface area contributed by atoms with E-state index in [0.717, 1.165) is 5.54 Å². The van der Waals surface area contributed by atoms with Gasteiger partial charge < -0.3 is 0 Å². The zero-order valence-corrected chi connectivity index (χ0v) is 12.7. The van der Waals surface area contributed by atoms with Gasteiger partial charge in [0.15, 0.2) is 3.07 Å². The van der Waals surface area contributed by atoms with Crippen LogP contribution in [0.4, 0.5) is 0 Å². The van der Waals surface area contributed by atoms with Crippen LogP contribution in [-0.2, 0) is 0 Å². The van der Waals surface area contributed by atoms with Crippen molar-refractivity contribution in [2.75, 3.05) is 0 Å². The second-order valence-electron chi connectivity index (χ2n) is 3.59. The van der Waals surface area contributed by atoms with Crippen molar-refractivity contribution >= 4 is 46.7 Å². The number of halogens is 2. The molecule has 12 heavy (non-hydrogen) atoms. The standard InChI is InChI=1S/C9H16I2Si/c1-2-8-12(10,11)9-6-4-3-5-7-9/h2,9H,1,3-8H2. The van der Waals surface area contributed by atoms with Crippen LogP contribution >= 0.6 is 43.6 Å². The molecule has 0 nitrogen and oxygen atoms in total. The minimum absolute atomic E-state index is 0.981. The molecule has 0 aliphatic heterocycles. The monoisotopic (exact) mass is 406 g/mol. The molecule has 1 aliphatic carbocycles. The van der Waals surface area contributed by atoms with Gasteiger partial charge in [0, 0.05) is 0 Å². The first-order chi connectivity index (χ1) is 5.67. The molecule has 3 heteroatoms. The largest absolute Gasteiger partial charge is 0.198 e. The summed E-state index contributed by atoms with van der Waals surface area (Å²) in [5.41, 5.74) is 1.06. The van der Waals surface area contributed by atoms with Crippen LogP contribution in [0.15, 0.2) is 12.7 Å². The van der Waals surface area contributed by atoms with Crippen molar-refractivity contribution in [2.24, 2.45) is 0 Å². The molecule has 0 bridgehead atoms. The number of hydrogen-bond donors (Lipinski definition) is 0. The lowest BCUT2D eigenvalue weighted by molar-refractivity contribution is 0.499. The van der Waals surface area contributed by atoms with E-state index in [4.69, 9.17) is 0 Å². The highest BCUT2D eigenvalue weighted by molar-refractivity contribution is 14.3. The molecule has 0 aromatic heterocycles. The fraction of sp³-hybridized carbons (Fsp3) is 0.778. The lowest BCUT2D eigenvalue weighted by Crippen LogP contribution is -2.26. The van der Waals surface area contributed by atoms with Gasteiger partial charge in [0.1, 0.15) is 0 Å². The molecule has 0 aromatic rings. The van der Waals surface area contributed by atoms with Crippen LogP contribution in [0.5, 0.6) is 0 Å². The van der Waals surface area contributed by atoms with Gasteiger partial charge in [-0.3, -0.25) is 0 Å². The SMILES string of the molecule is C=CC[Si](I)(I)C1CCCCC1. The fourth-order valence-corrected chi connectivity index (χ4v) is 9.46. The van der Waals surface area contributed by atoms with E-state index in [1.54, 1.807) is 0 Å². The average Bonchev–Trinajstić information content (AvgIpc) is 2.06. The Morgan fingerprint density at radius 1 is 1.25 bits per heavy atom. The smallest absolute Gasteiger partial charge is 0.104 e. The Bertz CT molecular complexity index is 151. The Morgan fingerprint density at radius 3 is 2.33 bits per heavy atom. The molecule has 1 fully saturated rings. The summed E-state index contributed by atoms with van der Waals surface area (Å²) in [6, 6.07) is 1.29. The van der Waals surface area contributed by atoms with Crippen LogP contribution in [0.3, 0.4) is 0 Å². The minimum Gasteiger partial charge on any atom is -0.104 e. The Balaban J connectivity index is 2.47. The molecule has 0 atom stereocenters. The zero-order valence-electron chi connectivity index (χ0n) is 7.36. The first kappa shape index (κ1) is 11.5. The maximum absolute atomic E-state index is 3.87. The van der Waals surface area contributed by atoms with Crippen molar-refractivity contribution in [1.29, 1.82) is 0 Å². The van der Waals surface area contributed by atoms with Gasteiger partial charge >= 0.3 is 0 Å². The van der Waals surface area contributed by atoms with Gasteiger partial charge in [-0.15, -0.1) is 50.2 Å². The topological polar surface area (TPSA) is 0 Å². The van der Waals surface area contributed by atoms with Crippen molar-refractivity contribution in [3.63, 3.8) is 0 Å². The summed E-state index contributed by atoms with van der Waals surface area (Å²) in [7, 11) is 0. The van der Waals surface area contributed by atoms with Crippen LogP contribution in [0.1, 0.15) is 32.1 Å². The maximum Gasteiger partial charge on any atom is 0.198 e. The Hall–Kier alpha value is 1.42. The first-order valence-electron chi connectivity index (χ1n) is 4.65. The molecule has 0 N–H and O–H groups in total. The predicted molar refractivity (Wildman–Crippen MR) is 75.6 cm³/mol. The van der Waals surface area contributed by atoms with Crippen molar-refractivity contribution in [3.05, 3.63) is 12.7 Å². The molecule has 0 spiro atoms. The van der Waals surface area contributed by atoms with Crippen LogP contribution in [0.25, 0.3) is 0 Å². The fourth-order valence-electron chi connectivity index (χ4n) is 1.88. The zero-order chi connectivity index (χ0) is 9.03. The van der Waals surface area contributed by atoms with Crippen molar-refractivity contribution in [3.8, 4) is 0 Å². The maximum atomic E-state index is 3.87. The van der Waals surface area contributed by atoms with Crippen LogP contribution in [-0.4, -0.2) is 3.07 Å². The Labute approximate surface area is 102 Å². The summed E-state index contributed by atoms with van der Waals surface area (Å²) in [4.78, 5) is 0. The van der Waals surface area contributed by atoms with Crippen molar-refractivity contribution in [2.45, 2.75) is 43.7 Å². The summed E-state index contributed by atoms with van der Waals surface area (Å²) in [6.07, 6.45) is 9.53. The van der Waals surface area contributed by atoms with E-state index in [0.29, 0.717) is 0 Å². The molecule has 1 saturated carbocycles. The van der Waals surface area contributed by atoms with E-state index in [2.05, 4.69) is 56.2 Å². The molecule has 0 heterocycles. The highest BCUT2D eigenvalue weighted by Crippen LogP contribution is 2.46. The van der Waals surface area contributed by atoms with Crippen LogP contribution in [0, 0.1) is 0 Å². The molecule has 0 radical (unpaired) electrons. The molecule has 1 aliphatic rings. The van der Waals surface area contributed by atoms with E-state index < -0.39 is 3.07 Å². The lowest BCUT2D eigenvalue weighted by Gasteiger charge is -2.31. The molecular weight excluding hydrogens is 390 g/mol. The van der Waals surface area contributed by atoms with E-state index in [1.807, 2.05) is 0 Å². The van der Waals surface area contributed by atoms with Crippen LogP contribution < -0.4 is 0 Å². The molecule has 70 valence electrons. The quantitative estimate of drug-likeness (QED) is 0.273. The summed E-state index contributed by atoms with van der Waals surface area (Å²) < 4.78 is -0.981. The molecule has 0 saturated heterocycles. The highest BCUT2D eigenvalue weighted by Gasteiger charge is 2.35. The molecule has 1 rings (SSSR count). The summed E-state index contributed by atoms with van der Waals surface area (Å²) in [5, 5.41) is 0. The third-order valence-electron chi connectivity index (χ3n) is 2.62. The highest BCUT2D eigenvalue weighted by atomic mass is 127. The molecule has 0 amide bonds. The summed E-state index contributed by atoms with van der Waals surface area (Å²) in [6.45, 7) is 3.87. The molecule has 0 aromatic carbocycles. The second kappa shape index (κ2) is 5.34. The Morgan fingerprint density at radius 2 is 1.83 bits per heavy atom. The summed E-state index contributed by atoms with van der Waals surface area (Å²) >= 11 is 5.50. The van der Waals surface area contributed by atoms with Gasteiger partial charge in [0.2, 0.25) is 0 Å². The second-order valence-corrected chi connectivity index (χ2v) is 24.1. The van der Waals surface area contributed by atoms with Gasteiger partial charge in [0.25, 0.3) is 0 Å². The number of allylic oxidation sites excluding steroid dienone is 1. The third kappa shape index (κ3) is 3.29. The van der Waals surface area contributed by atoms with E-state index in [9.17, 15) is 0 Å². The third-order valence-corrected chi connectivity index (χ3v) is 13.2. The van der Waals surface area contributed by atoms with E-state index >= 15 is 0 Å². The lowest BCUT2D eigenvalue weighted by atomic mass is 10.0. The Kier molecular flexibility index (Phi) is 5.11. The predicted octanol–water partition coefficient (Wildman–Crippen LogP) is 4.82. The molecule has 0 unspecified atom stereocenters. The van der Waals surface area contributed by atoms with Crippen molar-refractivity contribution < 1.29 is 0 Å². The molecular formula is C9H16I2Si. The minimum atomic E-state index is -0.981. The summed E-state index contributed by atoms with van der Waals surface area (Å²) in [5.74, 6) is 0. The number of hydrogen-bond acceptors (Lipinski definition) is 0. The van der Waals surface area contributed by atoms with Gasteiger partial charge in [-0.25, -0.2) is 0 Å². The van der Waals surface area contributed by atoms with Gasteiger partial charge in [-0.1, -0.05) is 38.2 Å². The van der Waals surface area contributed by atoms with Gasteiger partial charge in [-0.2, -0.15) is 0 Å². The first-order valence-corrected chi connectivity index (χ1v) is 13.2. The van der Waals surface area contributed by atoms with E-state index in [1.165, 1.54) is 38.1 Å². The average molecular weight is 406 g/mol. The van der Waals surface area contributed by atoms with Crippen LogP contribution in [0.2, 0.25) is 11.6 Å².